The lowest BCUT2D eigenvalue weighted by Crippen LogP contribution is -2.09. The van der Waals surface area contributed by atoms with Gasteiger partial charge in [-0.25, -0.2) is 15.0 Å². The molecule has 282 valence electrons. The molecule has 0 radical (unpaired) electrons. The fourth-order valence-electron chi connectivity index (χ4n) is 8.77. The van der Waals surface area contributed by atoms with Crippen LogP contribution in [0.2, 0.25) is 0 Å². The molecule has 1 aliphatic carbocycles. The molecule has 0 fully saturated rings. The molecule has 0 bridgehead atoms. The largest absolute Gasteiger partial charge is 0.320 e. The van der Waals surface area contributed by atoms with Gasteiger partial charge in [0, 0.05) is 43.5 Å². The first kappa shape index (κ1) is 35.8. The molecule has 5 nitrogen and oxygen atoms in total. The van der Waals surface area contributed by atoms with Gasteiger partial charge in [0.25, 0.3) is 0 Å². The molecule has 0 spiro atoms. The summed E-state index contributed by atoms with van der Waals surface area (Å²) in [7, 11) is 0. The van der Waals surface area contributed by atoms with E-state index in [4.69, 9.17) is 9.98 Å². The second-order valence-electron chi connectivity index (χ2n) is 14.9. The number of amidine groups is 2. The number of rotatable bonds is 8. The van der Waals surface area contributed by atoms with Gasteiger partial charge in [0.05, 0.1) is 27.6 Å². The summed E-state index contributed by atoms with van der Waals surface area (Å²) in [5, 5.41) is 7.32. The molecule has 0 N–H and O–H groups in total. The van der Waals surface area contributed by atoms with E-state index in [0.717, 1.165) is 57.3 Å². The first-order valence-corrected chi connectivity index (χ1v) is 20.0. The topological polar surface area (TPSA) is 46.4 Å². The van der Waals surface area contributed by atoms with Crippen LogP contribution < -0.4 is 0 Å². The molecule has 10 rings (SSSR count). The normalized spacial score (nSPS) is 13.9. The lowest BCUT2D eigenvalue weighted by molar-refractivity contribution is 0.791. The Balaban J connectivity index is 1.18. The third kappa shape index (κ3) is 6.25. The highest BCUT2D eigenvalue weighted by Crippen LogP contribution is 2.41. The Bertz CT molecular complexity index is 3340. The van der Waals surface area contributed by atoms with Crippen LogP contribution >= 0.6 is 0 Å². The number of pyridine rings is 1. The van der Waals surface area contributed by atoms with E-state index < -0.39 is 0 Å². The van der Waals surface area contributed by atoms with Gasteiger partial charge in [-0.2, -0.15) is 0 Å². The van der Waals surface area contributed by atoms with E-state index in [2.05, 4.69) is 186 Å². The van der Waals surface area contributed by atoms with Gasteiger partial charge in [-0.1, -0.05) is 147 Å². The zero-order chi connectivity index (χ0) is 39.9. The summed E-state index contributed by atoms with van der Waals surface area (Å²) in [6.45, 7) is 12.4. The Labute approximate surface area is 343 Å². The SMILES string of the molecule is C=C/C=C\C(=C)C1=CC(C(N=C)=N/C(=N\Cn2c3ccccc3c3c4c5ccccc5n5c6ccccc6cc5c4ccc32)c2cccc(-c3ccccc3)c2)=CCC1. The third-order valence-corrected chi connectivity index (χ3v) is 11.5. The van der Waals surface area contributed by atoms with Crippen molar-refractivity contribution in [3.05, 3.63) is 211 Å². The van der Waals surface area contributed by atoms with Gasteiger partial charge < -0.3 is 8.97 Å². The van der Waals surface area contributed by atoms with Crippen LogP contribution in [0.4, 0.5) is 0 Å². The van der Waals surface area contributed by atoms with Gasteiger partial charge in [0.15, 0.2) is 11.7 Å². The van der Waals surface area contributed by atoms with Crippen molar-refractivity contribution in [1.29, 1.82) is 0 Å². The van der Waals surface area contributed by atoms with E-state index in [-0.39, 0.29) is 0 Å². The van der Waals surface area contributed by atoms with Crippen LogP contribution in [0.25, 0.3) is 71.0 Å². The molecule has 3 aromatic heterocycles. The summed E-state index contributed by atoms with van der Waals surface area (Å²) in [5.74, 6) is 1.10. The maximum absolute atomic E-state index is 5.38. The molecule has 0 saturated carbocycles. The maximum atomic E-state index is 5.38. The van der Waals surface area contributed by atoms with Crippen molar-refractivity contribution in [1.82, 2.24) is 8.97 Å². The predicted octanol–water partition coefficient (Wildman–Crippen LogP) is 13.6. The average molecular weight is 760 g/mol. The monoisotopic (exact) mass is 759 g/mol. The van der Waals surface area contributed by atoms with Crippen molar-refractivity contribution < 1.29 is 0 Å². The Hall–Kier alpha value is -7.63. The van der Waals surface area contributed by atoms with Gasteiger partial charge >= 0.3 is 0 Å². The number of benzene rings is 6. The predicted molar refractivity (Wildman–Crippen MR) is 252 cm³/mol. The number of aromatic nitrogens is 2. The van der Waals surface area contributed by atoms with Crippen molar-refractivity contribution in [3.8, 4) is 11.1 Å². The fourth-order valence-corrected chi connectivity index (χ4v) is 8.77. The van der Waals surface area contributed by atoms with Crippen LogP contribution in [0, 0.1) is 0 Å². The Kier molecular flexibility index (Phi) is 9.11. The van der Waals surface area contributed by atoms with Crippen LogP contribution in [0.5, 0.6) is 0 Å². The molecule has 1 aliphatic rings. The quantitative estimate of drug-likeness (QED) is 0.0641. The van der Waals surface area contributed by atoms with Crippen LogP contribution in [0.1, 0.15) is 18.4 Å². The zero-order valence-corrected chi connectivity index (χ0v) is 32.7. The average Bonchev–Trinajstić information content (AvgIpc) is 3.85. The number of fused-ring (bicyclic) bond motifs is 12. The molecular weight excluding hydrogens is 719 g/mol. The van der Waals surface area contributed by atoms with Crippen molar-refractivity contribution in [2.75, 3.05) is 0 Å². The van der Waals surface area contributed by atoms with Crippen LogP contribution in [0.15, 0.2) is 221 Å². The Morgan fingerprint density at radius 3 is 2.17 bits per heavy atom. The zero-order valence-electron chi connectivity index (χ0n) is 32.7. The molecule has 0 amide bonds. The maximum Gasteiger partial charge on any atom is 0.160 e. The van der Waals surface area contributed by atoms with Gasteiger partial charge in [-0.3, -0.25) is 0 Å². The first-order chi connectivity index (χ1) is 29.1. The van der Waals surface area contributed by atoms with Crippen LogP contribution in [-0.4, -0.2) is 27.4 Å². The summed E-state index contributed by atoms with van der Waals surface area (Å²) >= 11 is 0. The Morgan fingerprint density at radius 1 is 0.644 bits per heavy atom. The van der Waals surface area contributed by atoms with Crippen molar-refractivity contribution >= 4 is 78.3 Å². The molecule has 0 atom stereocenters. The van der Waals surface area contributed by atoms with Gasteiger partial charge in [0.2, 0.25) is 0 Å². The summed E-state index contributed by atoms with van der Waals surface area (Å²) in [5.41, 5.74) is 11.9. The van der Waals surface area contributed by atoms with E-state index in [0.29, 0.717) is 18.3 Å². The summed E-state index contributed by atoms with van der Waals surface area (Å²) in [6, 6.07) is 51.8. The molecule has 9 aromatic rings. The van der Waals surface area contributed by atoms with E-state index in [9.17, 15) is 0 Å². The van der Waals surface area contributed by atoms with Gasteiger partial charge in [-0.15, -0.1) is 0 Å². The number of hydrogen-bond acceptors (Lipinski definition) is 1. The van der Waals surface area contributed by atoms with Gasteiger partial charge in [0.1, 0.15) is 6.67 Å². The fraction of sp³-hybridized carbons (Fsp3) is 0.0556. The highest BCUT2D eigenvalue weighted by Gasteiger charge is 2.20. The highest BCUT2D eigenvalue weighted by molar-refractivity contribution is 6.30. The molecule has 5 heteroatoms. The van der Waals surface area contributed by atoms with Crippen molar-refractivity contribution in [2.24, 2.45) is 15.0 Å². The number of nitrogens with zero attached hydrogens (tertiary/aromatic N) is 5. The summed E-state index contributed by atoms with van der Waals surface area (Å²) < 4.78 is 4.73. The van der Waals surface area contributed by atoms with Crippen molar-refractivity contribution in [2.45, 2.75) is 19.5 Å². The number of hydrogen-bond donors (Lipinski definition) is 0. The molecule has 3 heterocycles. The molecule has 0 saturated heterocycles. The second kappa shape index (κ2) is 15.0. The molecule has 0 unspecified atom stereocenters. The van der Waals surface area contributed by atoms with Gasteiger partial charge in [-0.05, 0) is 84.3 Å². The minimum absolute atomic E-state index is 0.340. The van der Waals surface area contributed by atoms with Crippen molar-refractivity contribution in [3.63, 3.8) is 0 Å². The van der Waals surface area contributed by atoms with E-state index in [1.165, 1.54) is 48.9 Å². The lowest BCUT2D eigenvalue weighted by atomic mass is 9.93. The van der Waals surface area contributed by atoms with E-state index >= 15 is 0 Å². The molecule has 6 aromatic carbocycles. The number of allylic oxidation sites excluding steroid dienone is 6. The lowest BCUT2D eigenvalue weighted by Gasteiger charge is -2.15. The standard InChI is InChI=1S/C54H41N5/c1-4-5-17-36(2)38-21-15-23-41(32-38)53(55-3)57-54(42-24-16-22-39(33-42)37-18-7-6-8-19-37)56-35-58-47-28-13-10-25-43(47)52-49(58)31-30-45-50-34-40-20-9-12-27-46(40)59(50)48-29-14-11-26-44(48)51(45)52/h4-14,16-20,22-34H,1-3,15,21,35H2/b17-5-,56-54-,57-53?. The van der Waals surface area contributed by atoms with E-state index in [1.54, 1.807) is 6.08 Å². The summed E-state index contributed by atoms with van der Waals surface area (Å²) in [6.07, 6.45) is 11.7. The summed E-state index contributed by atoms with van der Waals surface area (Å²) in [4.78, 5) is 15.1. The molecule has 0 aliphatic heterocycles. The minimum Gasteiger partial charge on any atom is -0.320 e. The minimum atomic E-state index is 0.340. The number of aliphatic imine (C=N–C) groups is 3. The second-order valence-corrected chi connectivity index (χ2v) is 14.9. The van der Waals surface area contributed by atoms with Crippen LogP contribution in [-0.2, 0) is 6.67 Å². The first-order valence-electron chi connectivity index (χ1n) is 20.0. The van der Waals surface area contributed by atoms with Crippen LogP contribution in [0.3, 0.4) is 0 Å². The third-order valence-electron chi connectivity index (χ3n) is 11.5. The smallest absolute Gasteiger partial charge is 0.160 e. The number of para-hydroxylation sites is 3. The highest BCUT2D eigenvalue weighted by atomic mass is 15.1. The Morgan fingerprint density at radius 2 is 1.36 bits per heavy atom. The molecular formula is C54H41N5. The van der Waals surface area contributed by atoms with E-state index in [1.807, 2.05) is 18.2 Å². The molecule has 59 heavy (non-hydrogen) atoms.